The van der Waals surface area contributed by atoms with Crippen LogP contribution in [0.1, 0.15) is 31.7 Å². The van der Waals surface area contributed by atoms with E-state index in [1.165, 1.54) is 0 Å². The molecule has 1 aromatic carbocycles. The standard InChI is InChI=1S/C18H25NO5/c1-13(11-15(19)12-14-7-5-4-6-8-14)9-10-18(22,16(20)23-2)17(21)24-3/h4-8,13,19,22H,9-12H2,1-3H3/t13-/m0/s1. The Morgan fingerprint density at radius 3 is 2.21 bits per heavy atom. The Morgan fingerprint density at radius 2 is 1.71 bits per heavy atom. The molecule has 0 bridgehead atoms. The van der Waals surface area contributed by atoms with Crippen LogP contribution in [0.2, 0.25) is 0 Å². The van der Waals surface area contributed by atoms with E-state index < -0.39 is 17.5 Å². The van der Waals surface area contributed by atoms with Crippen LogP contribution in [0.15, 0.2) is 30.3 Å². The van der Waals surface area contributed by atoms with Crippen LogP contribution in [0.25, 0.3) is 0 Å². The maximum atomic E-state index is 11.7. The first-order valence-corrected chi connectivity index (χ1v) is 7.83. The number of rotatable bonds is 9. The lowest BCUT2D eigenvalue weighted by atomic mass is 9.89. The molecule has 0 radical (unpaired) electrons. The maximum absolute atomic E-state index is 11.7. The van der Waals surface area contributed by atoms with Crippen LogP contribution >= 0.6 is 0 Å². The van der Waals surface area contributed by atoms with Gasteiger partial charge < -0.3 is 20.0 Å². The van der Waals surface area contributed by atoms with Crippen molar-refractivity contribution in [1.82, 2.24) is 0 Å². The fraction of sp³-hybridized carbons (Fsp3) is 0.500. The van der Waals surface area contributed by atoms with Crippen LogP contribution < -0.4 is 0 Å². The van der Waals surface area contributed by atoms with Gasteiger partial charge in [-0.25, -0.2) is 9.59 Å². The predicted molar refractivity (Wildman–Crippen MR) is 89.9 cm³/mol. The zero-order valence-electron chi connectivity index (χ0n) is 14.4. The van der Waals surface area contributed by atoms with Crippen LogP contribution in [0.4, 0.5) is 0 Å². The van der Waals surface area contributed by atoms with Crippen LogP contribution in [0.3, 0.4) is 0 Å². The minimum atomic E-state index is -2.29. The Morgan fingerprint density at radius 1 is 1.17 bits per heavy atom. The first-order valence-electron chi connectivity index (χ1n) is 7.83. The molecular formula is C18H25NO5. The van der Waals surface area contributed by atoms with Gasteiger partial charge in [0.2, 0.25) is 0 Å². The van der Waals surface area contributed by atoms with Crippen LogP contribution in [-0.2, 0) is 25.5 Å². The largest absolute Gasteiger partial charge is 0.466 e. The molecule has 0 aromatic heterocycles. The number of ether oxygens (including phenoxy) is 2. The van der Waals surface area contributed by atoms with E-state index in [9.17, 15) is 14.7 Å². The van der Waals surface area contributed by atoms with Gasteiger partial charge in [-0.15, -0.1) is 0 Å². The molecule has 24 heavy (non-hydrogen) atoms. The highest BCUT2D eigenvalue weighted by Gasteiger charge is 2.46. The molecule has 6 heteroatoms. The lowest BCUT2D eigenvalue weighted by Crippen LogP contribution is -2.48. The molecular weight excluding hydrogens is 310 g/mol. The highest BCUT2D eigenvalue weighted by molar-refractivity contribution is 6.03. The number of benzene rings is 1. The SMILES string of the molecule is COC(=O)C(O)(CC[C@H](C)CC(=N)Cc1ccccc1)C(=O)OC. The summed E-state index contributed by atoms with van der Waals surface area (Å²) in [4.78, 5) is 23.4. The normalized spacial score (nSPS) is 12.3. The summed E-state index contributed by atoms with van der Waals surface area (Å²) in [6, 6.07) is 9.72. The highest BCUT2D eigenvalue weighted by atomic mass is 16.6. The first-order chi connectivity index (χ1) is 11.3. The second kappa shape index (κ2) is 9.17. The average Bonchev–Trinajstić information content (AvgIpc) is 2.58. The minimum Gasteiger partial charge on any atom is -0.466 e. The van der Waals surface area contributed by atoms with E-state index in [0.29, 0.717) is 25.0 Å². The van der Waals surface area contributed by atoms with Crippen molar-refractivity contribution in [2.45, 2.75) is 38.2 Å². The third-order valence-corrected chi connectivity index (χ3v) is 3.90. The molecule has 0 saturated heterocycles. The summed E-state index contributed by atoms with van der Waals surface area (Å²) in [6.07, 6.45) is 1.36. The van der Waals surface area contributed by atoms with Crippen LogP contribution in [-0.4, -0.2) is 42.6 Å². The third kappa shape index (κ3) is 5.45. The minimum absolute atomic E-state index is 0.0297. The summed E-state index contributed by atoms with van der Waals surface area (Å²) in [6.45, 7) is 1.91. The maximum Gasteiger partial charge on any atom is 0.349 e. The van der Waals surface area contributed by atoms with Crippen molar-refractivity contribution in [2.24, 2.45) is 5.92 Å². The Kier molecular flexibility index (Phi) is 7.58. The fourth-order valence-corrected chi connectivity index (χ4v) is 2.52. The van der Waals surface area contributed by atoms with Crippen LogP contribution in [0.5, 0.6) is 0 Å². The van der Waals surface area contributed by atoms with E-state index >= 15 is 0 Å². The third-order valence-electron chi connectivity index (χ3n) is 3.90. The molecule has 0 saturated carbocycles. The van der Waals surface area contributed by atoms with Gasteiger partial charge in [0.1, 0.15) is 0 Å². The Bertz CT molecular complexity index is 554. The van der Waals surface area contributed by atoms with Gasteiger partial charge in [0, 0.05) is 12.1 Å². The van der Waals surface area contributed by atoms with Gasteiger partial charge in [-0.1, -0.05) is 37.3 Å². The molecule has 0 fully saturated rings. The molecule has 1 rings (SSSR count). The Hall–Kier alpha value is -2.21. The number of nitrogens with one attached hydrogen (secondary N) is 1. The predicted octanol–water partition coefficient (Wildman–Crippen LogP) is 2.13. The Labute approximate surface area is 142 Å². The number of hydrogen-bond acceptors (Lipinski definition) is 6. The average molecular weight is 335 g/mol. The highest BCUT2D eigenvalue weighted by Crippen LogP contribution is 2.22. The van der Waals surface area contributed by atoms with Crippen molar-refractivity contribution >= 4 is 17.7 Å². The lowest BCUT2D eigenvalue weighted by molar-refractivity contribution is -0.181. The van der Waals surface area contributed by atoms with Crippen molar-refractivity contribution in [3.05, 3.63) is 35.9 Å². The molecule has 0 aliphatic carbocycles. The van der Waals surface area contributed by atoms with E-state index in [1.54, 1.807) is 0 Å². The summed E-state index contributed by atoms with van der Waals surface area (Å²) < 4.78 is 9.00. The van der Waals surface area contributed by atoms with Gasteiger partial charge >= 0.3 is 11.9 Å². The van der Waals surface area contributed by atoms with Crippen molar-refractivity contribution in [1.29, 1.82) is 5.41 Å². The molecule has 2 N–H and O–H groups in total. The molecule has 1 aromatic rings. The van der Waals surface area contributed by atoms with E-state index in [1.807, 2.05) is 37.3 Å². The monoisotopic (exact) mass is 335 g/mol. The quantitative estimate of drug-likeness (QED) is 0.409. The van der Waals surface area contributed by atoms with Gasteiger partial charge in [0.25, 0.3) is 5.60 Å². The number of carbonyl (C=O) groups is 2. The molecule has 1 atom stereocenters. The van der Waals surface area contributed by atoms with Crippen molar-refractivity contribution in [2.75, 3.05) is 14.2 Å². The van der Waals surface area contributed by atoms with E-state index in [-0.39, 0.29) is 12.3 Å². The zero-order chi connectivity index (χ0) is 18.2. The van der Waals surface area contributed by atoms with Gasteiger partial charge in [-0.3, -0.25) is 0 Å². The summed E-state index contributed by atoms with van der Waals surface area (Å²) in [7, 11) is 2.21. The summed E-state index contributed by atoms with van der Waals surface area (Å²) in [5.74, 6) is -2.02. The second-order valence-electron chi connectivity index (χ2n) is 5.96. The summed E-state index contributed by atoms with van der Waals surface area (Å²) >= 11 is 0. The van der Waals surface area contributed by atoms with Gasteiger partial charge in [-0.2, -0.15) is 0 Å². The van der Waals surface area contributed by atoms with Gasteiger partial charge in [0.05, 0.1) is 14.2 Å². The molecule has 0 unspecified atom stereocenters. The summed E-state index contributed by atoms with van der Waals surface area (Å²) in [5, 5.41) is 18.4. The number of carbonyl (C=O) groups excluding carboxylic acids is 2. The van der Waals surface area contributed by atoms with E-state index in [0.717, 1.165) is 19.8 Å². The molecule has 0 amide bonds. The number of methoxy groups -OCH3 is 2. The molecule has 0 spiro atoms. The molecule has 0 aliphatic heterocycles. The molecule has 0 heterocycles. The molecule has 132 valence electrons. The fourth-order valence-electron chi connectivity index (χ4n) is 2.52. The summed E-state index contributed by atoms with van der Waals surface area (Å²) in [5.41, 5.74) is -0.664. The van der Waals surface area contributed by atoms with E-state index in [4.69, 9.17) is 5.41 Å². The Balaban J connectivity index is 2.57. The zero-order valence-corrected chi connectivity index (χ0v) is 14.4. The number of aliphatic hydroxyl groups is 1. The second-order valence-corrected chi connectivity index (χ2v) is 5.96. The van der Waals surface area contributed by atoms with Crippen molar-refractivity contribution < 1.29 is 24.2 Å². The van der Waals surface area contributed by atoms with E-state index in [2.05, 4.69) is 9.47 Å². The van der Waals surface area contributed by atoms with Gasteiger partial charge in [0.15, 0.2) is 0 Å². The topological polar surface area (TPSA) is 96.7 Å². The van der Waals surface area contributed by atoms with Crippen molar-refractivity contribution in [3.63, 3.8) is 0 Å². The number of hydrogen-bond donors (Lipinski definition) is 2. The molecule has 6 nitrogen and oxygen atoms in total. The lowest BCUT2D eigenvalue weighted by Gasteiger charge is -2.23. The van der Waals surface area contributed by atoms with Gasteiger partial charge in [-0.05, 0) is 30.7 Å². The first kappa shape index (κ1) is 19.8. The molecule has 0 aliphatic rings. The number of esters is 2. The van der Waals surface area contributed by atoms with Crippen molar-refractivity contribution in [3.8, 4) is 0 Å². The smallest absolute Gasteiger partial charge is 0.349 e. The van der Waals surface area contributed by atoms with Crippen LogP contribution in [0, 0.1) is 11.3 Å².